The molecule has 0 bridgehead atoms. The molecule has 1 saturated heterocycles. The molecule has 1 amide bonds. The second-order valence-electron chi connectivity index (χ2n) is 8.26. The van der Waals surface area contributed by atoms with Crippen molar-refractivity contribution in [3.8, 4) is 16.2 Å². The van der Waals surface area contributed by atoms with Crippen LogP contribution in [0.25, 0.3) is 10.4 Å². The van der Waals surface area contributed by atoms with Gasteiger partial charge in [0.05, 0.1) is 5.92 Å². The van der Waals surface area contributed by atoms with E-state index in [4.69, 9.17) is 4.74 Å². The topological polar surface area (TPSA) is 66.8 Å². The van der Waals surface area contributed by atoms with E-state index in [1.807, 2.05) is 64.9 Å². The average molecular weight is 434 g/mol. The Labute approximate surface area is 184 Å². The van der Waals surface area contributed by atoms with E-state index in [2.05, 4.69) is 6.07 Å². The first kappa shape index (κ1) is 19.8. The van der Waals surface area contributed by atoms with Crippen LogP contribution in [0.1, 0.15) is 41.1 Å². The maximum absolute atomic E-state index is 13.0. The molecule has 31 heavy (non-hydrogen) atoms. The molecule has 3 aromatic rings. The van der Waals surface area contributed by atoms with Crippen LogP contribution in [0.5, 0.6) is 5.75 Å². The van der Waals surface area contributed by atoms with Crippen LogP contribution in [0.15, 0.2) is 66.0 Å². The van der Waals surface area contributed by atoms with E-state index in [-0.39, 0.29) is 5.91 Å². The van der Waals surface area contributed by atoms with Gasteiger partial charge in [0.15, 0.2) is 0 Å². The lowest BCUT2D eigenvalue weighted by molar-refractivity contribution is -0.142. The predicted molar refractivity (Wildman–Crippen MR) is 120 cm³/mol. The van der Waals surface area contributed by atoms with Gasteiger partial charge in [-0.05, 0) is 35.2 Å². The third-order valence-corrected chi connectivity index (χ3v) is 7.31. The van der Waals surface area contributed by atoms with Crippen molar-refractivity contribution >= 4 is 23.2 Å². The summed E-state index contributed by atoms with van der Waals surface area (Å²) in [5, 5.41) is 11.8. The molecule has 6 heteroatoms. The van der Waals surface area contributed by atoms with Crippen LogP contribution in [0.4, 0.5) is 0 Å². The molecule has 1 aromatic heterocycles. The second kappa shape index (κ2) is 7.85. The van der Waals surface area contributed by atoms with Crippen molar-refractivity contribution in [1.82, 2.24) is 4.90 Å². The Morgan fingerprint density at radius 1 is 1.00 bits per heavy atom. The van der Waals surface area contributed by atoms with E-state index in [0.717, 1.165) is 11.1 Å². The number of rotatable bonds is 3. The standard InChI is InChI=1S/C25H23NO4S/c27-23(18-9-7-17(8-10-18)22-6-3-15-31-22)26-13-11-25(12-14-26)16-20(24(28)29)19-4-1-2-5-21(19)30-25/h1-10,15,20H,11-14,16H2,(H,28,29). The maximum atomic E-state index is 13.0. The highest BCUT2D eigenvalue weighted by Gasteiger charge is 2.46. The molecule has 0 aliphatic carbocycles. The van der Waals surface area contributed by atoms with Crippen LogP contribution in [0, 0.1) is 0 Å². The molecule has 2 aliphatic rings. The minimum Gasteiger partial charge on any atom is -0.487 e. The van der Waals surface area contributed by atoms with Gasteiger partial charge >= 0.3 is 5.97 Å². The van der Waals surface area contributed by atoms with Gasteiger partial charge in [-0.25, -0.2) is 0 Å². The maximum Gasteiger partial charge on any atom is 0.311 e. The molecule has 2 aliphatic heterocycles. The fourth-order valence-corrected chi connectivity index (χ4v) is 5.40. The van der Waals surface area contributed by atoms with E-state index < -0.39 is 17.5 Å². The number of carboxylic acid groups (broad SMARTS) is 1. The number of likely N-dealkylation sites (tertiary alicyclic amines) is 1. The van der Waals surface area contributed by atoms with Crippen LogP contribution in [0.2, 0.25) is 0 Å². The summed E-state index contributed by atoms with van der Waals surface area (Å²) in [4.78, 5) is 28.0. The number of hydrogen-bond donors (Lipinski definition) is 1. The first-order valence-electron chi connectivity index (χ1n) is 10.5. The first-order valence-corrected chi connectivity index (χ1v) is 11.4. The van der Waals surface area contributed by atoms with Gasteiger partial charge in [0.1, 0.15) is 11.4 Å². The third kappa shape index (κ3) is 3.72. The predicted octanol–water partition coefficient (Wildman–Crippen LogP) is 5.04. The van der Waals surface area contributed by atoms with Gasteiger partial charge in [-0.1, -0.05) is 36.4 Å². The van der Waals surface area contributed by atoms with Crippen LogP contribution < -0.4 is 4.74 Å². The van der Waals surface area contributed by atoms with Gasteiger partial charge < -0.3 is 14.7 Å². The van der Waals surface area contributed by atoms with E-state index >= 15 is 0 Å². The summed E-state index contributed by atoms with van der Waals surface area (Å²) in [6.07, 6.45) is 1.70. The lowest BCUT2D eigenvalue weighted by Gasteiger charge is -2.46. The monoisotopic (exact) mass is 433 g/mol. The summed E-state index contributed by atoms with van der Waals surface area (Å²) in [7, 11) is 0. The molecule has 1 N–H and O–H groups in total. The van der Waals surface area contributed by atoms with E-state index in [1.54, 1.807) is 11.3 Å². The summed E-state index contributed by atoms with van der Waals surface area (Å²) >= 11 is 1.68. The molecule has 158 valence electrons. The summed E-state index contributed by atoms with van der Waals surface area (Å²) in [5.41, 5.74) is 2.00. The highest BCUT2D eigenvalue weighted by molar-refractivity contribution is 7.13. The molecule has 5 nitrogen and oxygen atoms in total. The van der Waals surface area contributed by atoms with E-state index in [9.17, 15) is 14.7 Å². The van der Waals surface area contributed by atoms with Crippen LogP contribution >= 0.6 is 11.3 Å². The zero-order chi connectivity index (χ0) is 21.4. The zero-order valence-electron chi connectivity index (χ0n) is 17.0. The highest BCUT2D eigenvalue weighted by Crippen LogP contribution is 2.45. The summed E-state index contributed by atoms with van der Waals surface area (Å²) in [6, 6.07) is 19.2. The molecule has 1 fully saturated rings. The Kier molecular flexibility index (Phi) is 5.02. The largest absolute Gasteiger partial charge is 0.487 e. The summed E-state index contributed by atoms with van der Waals surface area (Å²) in [5.74, 6) is -0.722. The molecule has 1 spiro atoms. The van der Waals surface area contributed by atoms with Crippen molar-refractivity contribution in [2.45, 2.75) is 30.8 Å². The number of hydrogen-bond acceptors (Lipinski definition) is 4. The molecule has 1 unspecified atom stereocenters. The van der Waals surface area contributed by atoms with Crippen molar-refractivity contribution in [1.29, 1.82) is 0 Å². The lowest BCUT2D eigenvalue weighted by Crippen LogP contribution is -2.52. The number of carbonyl (C=O) groups is 2. The Morgan fingerprint density at radius 2 is 1.74 bits per heavy atom. The number of ether oxygens (including phenoxy) is 1. The number of nitrogens with zero attached hydrogens (tertiary/aromatic N) is 1. The second-order valence-corrected chi connectivity index (χ2v) is 9.21. The molecular formula is C25H23NO4S. The minimum absolute atomic E-state index is 0.0126. The fraction of sp³-hybridized carbons (Fsp3) is 0.280. The van der Waals surface area contributed by atoms with Gasteiger partial charge in [-0.15, -0.1) is 11.3 Å². The van der Waals surface area contributed by atoms with Crippen molar-refractivity contribution in [2.75, 3.05) is 13.1 Å². The Balaban J connectivity index is 1.29. The lowest BCUT2D eigenvalue weighted by atomic mass is 9.77. The third-order valence-electron chi connectivity index (χ3n) is 6.39. The molecule has 1 atom stereocenters. The number of carboxylic acids is 1. The van der Waals surface area contributed by atoms with Gasteiger partial charge in [0.25, 0.3) is 5.91 Å². The van der Waals surface area contributed by atoms with Crippen molar-refractivity contribution in [3.63, 3.8) is 0 Å². The number of fused-ring (bicyclic) bond motifs is 1. The number of aliphatic carboxylic acids is 1. The van der Waals surface area contributed by atoms with E-state index in [1.165, 1.54) is 4.88 Å². The van der Waals surface area contributed by atoms with Gasteiger partial charge in [-0.3, -0.25) is 9.59 Å². The number of piperidine rings is 1. The Hall–Kier alpha value is -3.12. The molecule has 5 rings (SSSR count). The van der Waals surface area contributed by atoms with Crippen LogP contribution in [-0.4, -0.2) is 40.6 Å². The first-order chi connectivity index (χ1) is 15.0. The number of para-hydroxylation sites is 1. The zero-order valence-corrected chi connectivity index (χ0v) is 17.8. The summed E-state index contributed by atoms with van der Waals surface area (Å²) in [6.45, 7) is 1.11. The highest BCUT2D eigenvalue weighted by atomic mass is 32.1. The summed E-state index contributed by atoms with van der Waals surface area (Å²) < 4.78 is 6.33. The Bertz CT molecular complexity index is 1100. The number of amides is 1. The van der Waals surface area contributed by atoms with Crippen molar-refractivity contribution in [3.05, 3.63) is 77.2 Å². The quantitative estimate of drug-likeness (QED) is 0.628. The van der Waals surface area contributed by atoms with Crippen LogP contribution in [-0.2, 0) is 4.79 Å². The van der Waals surface area contributed by atoms with Crippen LogP contribution in [0.3, 0.4) is 0 Å². The molecule has 3 heterocycles. The Morgan fingerprint density at radius 3 is 2.42 bits per heavy atom. The minimum atomic E-state index is -0.820. The molecule has 0 saturated carbocycles. The van der Waals surface area contributed by atoms with Crippen molar-refractivity contribution in [2.24, 2.45) is 0 Å². The average Bonchev–Trinajstić information content (AvgIpc) is 3.34. The number of thiophene rings is 1. The normalized spacial score (nSPS) is 19.5. The number of benzene rings is 2. The fourth-order valence-electron chi connectivity index (χ4n) is 4.66. The molecule has 2 aromatic carbocycles. The van der Waals surface area contributed by atoms with Crippen molar-refractivity contribution < 1.29 is 19.4 Å². The van der Waals surface area contributed by atoms with Gasteiger partial charge in [-0.2, -0.15) is 0 Å². The van der Waals surface area contributed by atoms with Gasteiger partial charge in [0, 0.05) is 48.4 Å². The SMILES string of the molecule is O=C(O)C1CC2(CCN(C(=O)c3ccc(-c4cccs4)cc3)CC2)Oc2ccccc21. The smallest absolute Gasteiger partial charge is 0.311 e. The molecule has 0 radical (unpaired) electrons. The molecular weight excluding hydrogens is 410 g/mol. The van der Waals surface area contributed by atoms with Gasteiger partial charge in [0.2, 0.25) is 0 Å². The number of carbonyl (C=O) groups excluding carboxylic acids is 1. The van der Waals surface area contributed by atoms with E-state index in [0.29, 0.717) is 43.7 Å².